The fourth-order valence-corrected chi connectivity index (χ4v) is 2.00. The molecule has 0 spiro atoms. The van der Waals surface area contributed by atoms with E-state index in [2.05, 4.69) is 15.5 Å². The van der Waals surface area contributed by atoms with Crippen LogP contribution in [0.2, 0.25) is 0 Å². The van der Waals surface area contributed by atoms with E-state index in [-0.39, 0.29) is 5.91 Å². The summed E-state index contributed by atoms with van der Waals surface area (Å²) in [5.41, 5.74) is 0. The van der Waals surface area contributed by atoms with Crippen LogP contribution in [0.25, 0.3) is 0 Å². The summed E-state index contributed by atoms with van der Waals surface area (Å²) in [7, 11) is 0. The Hall–Kier alpha value is -0.650. The first-order valence-corrected chi connectivity index (χ1v) is 5.65. The van der Waals surface area contributed by atoms with Crippen LogP contribution < -0.4 is 10.6 Å². The number of morpholine rings is 1. The molecule has 5 heteroatoms. The van der Waals surface area contributed by atoms with Crippen LogP contribution in [0.15, 0.2) is 0 Å². The van der Waals surface area contributed by atoms with Crippen LogP contribution in [-0.4, -0.2) is 62.8 Å². The Kier molecular flexibility index (Phi) is 3.94. The van der Waals surface area contributed by atoms with Crippen molar-refractivity contribution in [1.29, 1.82) is 0 Å². The SMILES string of the molecule is O=C1CC(NCCN2CCOCC2)CN1. The molecule has 0 aromatic carbocycles. The van der Waals surface area contributed by atoms with Crippen LogP contribution in [0.5, 0.6) is 0 Å². The van der Waals surface area contributed by atoms with Crippen molar-refractivity contribution in [3.05, 3.63) is 0 Å². The zero-order valence-electron chi connectivity index (χ0n) is 9.00. The normalized spacial score (nSPS) is 28.0. The minimum Gasteiger partial charge on any atom is -0.379 e. The number of rotatable bonds is 4. The summed E-state index contributed by atoms with van der Waals surface area (Å²) in [4.78, 5) is 13.3. The molecule has 2 aliphatic heterocycles. The van der Waals surface area contributed by atoms with Gasteiger partial charge in [0.2, 0.25) is 5.91 Å². The van der Waals surface area contributed by atoms with Gasteiger partial charge in [0.1, 0.15) is 0 Å². The smallest absolute Gasteiger partial charge is 0.221 e. The maximum absolute atomic E-state index is 10.9. The number of carbonyl (C=O) groups is 1. The minimum atomic E-state index is 0.166. The standard InChI is InChI=1S/C10H19N3O2/c14-10-7-9(8-12-10)11-1-2-13-3-5-15-6-4-13/h9,11H,1-8H2,(H,12,14). The zero-order valence-corrected chi connectivity index (χ0v) is 9.00. The third-order valence-electron chi connectivity index (χ3n) is 2.94. The molecule has 1 unspecified atom stereocenters. The highest BCUT2D eigenvalue weighted by atomic mass is 16.5. The average molecular weight is 213 g/mol. The van der Waals surface area contributed by atoms with Crippen LogP contribution in [0.3, 0.4) is 0 Å². The maximum atomic E-state index is 10.9. The molecule has 0 aromatic heterocycles. The van der Waals surface area contributed by atoms with Gasteiger partial charge in [0, 0.05) is 45.2 Å². The van der Waals surface area contributed by atoms with Gasteiger partial charge in [-0.05, 0) is 0 Å². The van der Waals surface area contributed by atoms with Crippen molar-refractivity contribution < 1.29 is 9.53 Å². The average Bonchev–Trinajstić information content (AvgIpc) is 2.66. The Bertz CT molecular complexity index is 217. The van der Waals surface area contributed by atoms with E-state index in [1.807, 2.05) is 0 Å². The quantitative estimate of drug-likeness (QED) is 0.616. The molecule has 0 bridgehead atoms. The maximum Gasteiger partial charge on any atom is 0.221 e. The van der Waals surface area contributed by atoms with Gasteiger partial charge in [-0.2, -0.15) is 0 Å². The molecule has 0 aliphatic carbocycles. The number of carbonyl (C=O) groups excluding carboxylic acids is 1. The summed E-state index contributed by atoms with van der Waals surface area (Å²) in [5.74, 6) is 0.166. The molecule has 0 radical (unpaired) electrons. The van der Waals surface area contributed by atoms with Crippen molar-refractivity contribution in [2.45, 2.75) is 12.5 Å². The Morgan fingerprint density at radius 2 is 2.27 bits per heavy atom. The molecule has 1 atom stereocenters. The monoisotopic (exact) mass is 213 g/mol. The lowest BCUT2D eigenvalue weighted by Gasteiger charge is -2.27. The highest BCUT2D eigenvalue weighted by molar-refractivity contribution is 5.78. The van der Waals surface area contributed by atoms with Crippen LogP contribution in [-0.2, 0) is 9.53 Å². The van der Waals surface area contributed by atoms with Gasteiger partial charge in [-0.3, -0.25) is 9.69 Å². The zero-order chi connectivity index (χ0) is 10.5. The first-order valence-electron chi connectivity index (χ1n) is 5.65. The molecule has 2 rings (SSSR count). The third kappa shape index (κ3) is 3.44. The van der Waals surface area contributed by atoms with Gasteiger partial charge >= 0.3 is 0 Å². The molecule has 2 N–H and O–H groups in total. The van der Waals surface area contributed by atoms with E-state index in [0.29, 0.717) is 12.5 Å². The van der Waals surface area contributed by atoms with E-state index in [9.17, 15) is 4.79 Å². The fraction of sp³-hybridized carbons (Fsp3) is 0.900. The van der Waals surface area contributed by atoms with Crippen LogP contribution >= 0.6 is 0 Å². The number of amides is 1. The van der Waals surface area contributed by atoms with Gasteiger partial charge in [-0.1, -0.05) is 0 Å². The molecule has 5 nitrogen and oxygen atoms in total. The predicted molar refractivity (Wildman–Crippen MR) is 56.7 cm³/mol. The second-order valence-electron chi connectivity index (χ2n) is 4.11. The molecular formula is C10H19N3O2. The van der Waals surface area contributed by atoms with E-state index < -0.39 is 0 Å². The molecular weight excluding hydrogens is 194 g/mol. The first kappa shape index (κ1) is 10.9. The van der Waals surface area contributed by atoms with Crippen molar-refractivity contribution >= 4 is 5.91 Å². The van der Waals surface area contributed by atoms with Gasteiger partial charge in [0.15, 0.2) is 0 Å². The molecule has 2 heterocycles. The summed E-state index contributed by atoms with van der Waals surface area (Å²) in [6.07, 6.45) is 0.628. The van der Waals surface area contributed by atoms with Crippen LogP contribution in [0.4, 0.5) is 0 Å². The summed E-state index contributed by atoms with van der Waals surface area (Å²) in [6, 6.07) is 0.332. The lowest BCUT2D eigenvalue weighted by Crippen LogP contribution is -2.42. The third-order valence-corrected chi connectivity index (χ3v) is 2.94. The van der Waals surface area contributed by atoms with E-state index in [1.165, 1.54) is 0 Å². The highest BCUT2D eigenvalue weighted by Gasteiger charge is 2.20. The fourth-order valence-electron chi connectivity index (χ4n) is 2.00. The molecule has 86 valence electrons. The Labute approximate surface area is 90.1 Å². The molecule has 0 aromatic rings. The lowest BCUT2D eigenvalue weighted by molar-refractivity contribution is -0.119. The van der Waals surface area contributed by atoms with Gasteiger partial charge in [-0.15, -0.1) is 0 Å². The number of hydrogen-bond acceptors (Lipinski definition) is 4. The van der Waals surface area contributed by atoms with Crippen LogP contribution in [0, 0.1) is 0 Å². The van der Waals surface area contributed by atoms with Gasteiger partial charge in [-0.25, -0.2) is 0 Å². The Morgan fingerprint density at radius 3 is 2.93 bits per heavy atom. The van der Waals surface area contributed by atoms with Crippen molar-refractivity contribution in [2.24, 2.45) is 0 Å². The summed E-state index contributed by atoms with van der Waals surface area (Å²) < 4.78 is 5.28. The molecule has 2 aliphatic rings. The topological polar surface area (TPSA) is 53.6 Å². The second-order valence-corrected chi connectivity index (χ2v) is 4.11. The molecule has 2 fully saturated rings. The first-order chi connectivity index (χ1) is 7.34. The van der Waals surface area contributed by atoms with Crippen molar-refractivity contribution in [1.82, 2.24) is 15.5 Å². The van der Waals surface area contributed by atoms with Gasteiger partial charge in [0.25, 0.3) is 0 Å². The van der Waals surface area contributed by atoms with E-state index in [1.54, 1.807) is 0 Å². The summed E-state index contributed by atoms with van der Waals surface area (Å²) in [6.45, 7) is 6.55. The Morgan fingerprint density at radius 1 is 1.47 bits per heavy atom. The minimum absolute atomic E-state index is 0.166. The van der Waals surface area contributed by atoms with Gasteiger partial charge < -0.3 is 15.4 Å². The second kappa shape index (κ2) is 5.44. The van der Waals surface area contributed by atoms with Crippen molar-refractivity contribution in [3.8, 4) is 0 Å². The molecule has 0 saturated carbocycles. The van der Waals surface area contributed by atoms with Crippen molar-refractivity contribution in [3.63, 3.8) is 0 Å². The Balaban J connectivity index is 1.56. The highest BCUT2D eigenvalue weighted by Crippen LogP contribution is 1.99. The molecule has 1 amide bonds. The summed E-state index contributed by atoms with van der Waals surface area (Å²) in [5, 5.41) is 6.22. The predicted octanol–water partition coefficient (Wildman–Crippen LogP) is -1.20. The van der Waals surface area contributed by atoms with Gasteiger partial charge in [0.05, 0.1) is 13.2 Å². The molecule has 15 heavy (non-hydrogen) atoms. The number of nitrogens with zero attached hydrogens (tertiary/aromatic N) is 1. The van der Waals surface area contributed by atoms with E-state index in [0.717, 1.165) is 45.9 Å². The number of ether oxygens (including phenoxy) is 1. The molecule has 2 saturated heterocycles. The largest absolute Gasteiger partial charge is 0.379 e. The summed E-state index contributed by atoms with van der Waals surface area (Å²) >= 11 is 0. The lowest BCUT2D eigenvalue weighted by atomic mass is 10.2. The van der Waals surface area contributed by atoms with E-state index >= 15 is 0 Å². The number of hydrogen-bond donors (Lipinski definition) is 2. The van der Waals surface area contributed by atoms with E-state index in [4.69, 9.17) is 4.74 Å². The van der Waals surface area contributed by atoms with Crippen LogP contribution in [0.1, 0.15) is 6.42 Å². The van der Waals surface area contributed by atoms with Crippen molar-refractivity contribution in [2.75, 3.05) is 45.9 Å². The number of nitrogens with one attached hydrogen (secondary N) is 2.